The number of nitrogens with one attached hydrogen (secondary N) is 1. The van der Waals surface area contributed by atoms with E-state index in [9.17, 15) is 23.3 Å². The normalized spacial score (nSPS) is 19.9. The van der Waals surface area contributed by atoms with Crippen LogP contribution in [0.15, 0.2) is 59.5 Å². The molecule has 1 atom stereocenters. The zero-order valence-electron chi connectivity index (χ0n) is 13.6. The first-order valence-electron chi connectivity index (χ1n) is 7.84. The van der Waals surface area contributed by atoms with Crippen molar-refractivity contribution in [2.45, 2.75) is 23.3 Å². The standard InChI is InChI=1S/C17H16N2O6S/c20-16-10-11-17(25-16,13-4-2-1-3-5-13)12-18-26(23,24)15-8-6-14(7-9-15)19(21)22/h1-9,18H,10-12H2. The van der Waals surface area contributed by atoms with Gasteiger partial charge in [0.1, 0.15) is 0 Å². The molecule has 0 aromatic heterocycles. The van der Waals surface area contributed by atoms with Crippen molar-refractivity contribution in [1.82, 2.24) is 4.72 Å². The van der Waals surface area contributed by atoms with Crippen molar-refractivity contribution >= 4 is 21.7 Å². The number of nitro benzene ring substituents is 1. The lowest BCUT2D eigenvalue weighted by Gasteiger charge is -2.28. The zero-order chi connectivity index (χ0) is 18.8. The molecule has 1 unspecified atom stereocenters. The maximum Gasteiger partial charge on any atom is 0.306 e. The van der Waals surface area contributed by atoms with Gasteiger partial charge in [-0.1, -0.05) is 30.3 Å². The molecule has 1 fully saturated rings. The maximum atomic E-state index is 12.5. The van der Waals surface area contributed by atoms with E-state index in [4.69, 9.17) is 4.74 Å². The second-order valence-electron chi connectivity index (χ2n) is 5.91. The monoisotopic (exact) mass is 376 g/mol. The van der Waals surface area contributed by atoms with Crippen molar-refractivity contribution in [3.05, 3.63) is 70.3 Å². The number of nitro groups is 1. The number of benzene rings is 2. The van der Waals surface area contributed by atoms with E-state index < -0.39 is 20.5 Å². The van der Waals surface area contributed by atoms with E-state index in [1.807, 2.05) is 6.07 Å². The summed E-state index contributed by atoms with van der Waals surface area (Å²) in [6, 6.07) is 13.5. The van der Waals surface area contributed by atoms with Gasteiger partial charge in [-0.15, -0.1) is 0 Å². The molecule has 1 saturated heterocycles. The molecule has 8 nitrogen and oxygen atoms in total. The van der Waals surface area contributed by atoms with Gasteiger partial charge in [0.15, 0.2) is 5.60 Å². The largest absolute Gasteiger partial charge is 0.453 e. The number of non-ortho nitro benzene ring substituents is 1. The van der Waals surface area contributed by atoms with Crippen molar-refractivity contribution in [1.29, 1.82) is 0 Å². The van der Waals surface area contributed by atoms with Gasteiger partial charge in [0.25, 0.3) is 5.69 Å². The van der Waals surface area contributed by atoms with Gasteiger partial charge in [-0.05, 0) is 17.7 Å². The van der Waals surface area contributed by atoms with Crippen molar-refractivity contribution in [2.75, 3.05) is 6.54 Å². The number of esters is 1. The van der Waals surface area contributed by atoms with Gasteiger partial charge in [0.2, 0.25) is 10.0 Å². The summed E-state index contributed by atoms with van der Waals surface area (Å²) in [7, 11) is -3.92. The summed E-state index contributed by atoms with van der Waals surface area (Å²) in [5.74, 6) is -0.386. The molecule has 1 aliphatic rings. The maximum absolute atomic E-state index is 12.5. The summed E-state index contributed by atoms with van der Waals surface area (Å²) in [4.78, 5) is 21.6. The minimum Gasteiger partial charge on any atom is -0.453 e. The highest BCUT2D eigenvalue weighted by atomic mass is 32.2. The molecule has 0 amide bonds. The molecule has 1 heterocycles. The van der Waals surface area contributed by atoms with E-state index >= 15 is 0 Å². The van der Waals surface area contributed by atoms with Crippen LogP contribution in [0.2, 0.25) is 0 Å². The quantitative estimate of drug-likeness (QED) is 0.469. The first-order valence-corrected chi connectivity index (χ1v) is 9.32. The number of nitrogens with zero attached hydrogens (tertiary/aromatic N) is 1. The van der Waals surface area contributed by atoms with Gasteiger partial charge in [0.05, 0.1) is 16.4 Å². The third-order valence-electron chi connectivity index (χ3n) is 4.25. The van der Waals surface area contributed by atoms with Crippen molar-refractivity contribution in [3.8, 4) is 0 Å². The van der Waals surface area contributed by atoms with E-state index in [1.165, 1.54) is 0 Å². The first-order chi connectivity index (χ1) is 12.3. The molecule has 3 rings (SSSR count). The molecule has 0 aliphatic carbocycles. The summed E-state index contributed by atoms with van der Waals surface area (Å²) < 4.78 is 32.9. The van der Waals surface area contributed by atoms with Crippen LogP contribution in [0.3, 0.4) is 0 Å². The zero-order valence-corrected chi connectivity index (χ0v) is 14.4. The van der Waals surface area contributed by atoms with Crippen LogP contribution in [-0.4, -0.2) is 25.9 Å². The summed E-state index contributed by atoms with van der Waals surface area (Å²) >= 11 is 0. The summed E-state index contributed by atoms with van der Waals surface area (Å²) in [5.41, 5.74) is -0.557. The number of hydrogen-bond donors (Lipinski definition) is 1. The fourth-order valence-electron chi connectivity index (χ4n) is 2.84. The highest BCUT2D eigenvalue weighted by Crippen LogP contribution is 2.36. The fourth-order valence-corrected chi connectivity index (χ4v) is 3.92. The molecule has 1 N–H and O–H groups in total. The van der Waals surface area contributed by atoms with Crippen molar-refractivity contribution in [3.63, 3.8) is 0 Å². The fraction of sp³-hybridized carbons (Fsp3) is 0.235. The Bertz CT molecular complexity index is 927. The molecule has 0 spiro atoms. The van der Waals surface area contributed by atoms with E-state index in [-0.39, 0.29) is 29.5 Å². The third-order valence-corrected chi connectivity index (χ3v) is 5.66. The molecule has 1 aliphatic heterocycles. The second kappa shape index (κ2) is 6.85. The second-order valence-corrected chi connectivity index (χ2v) is 7.68. The lowest BCUT2D eigenvalue weighted by atomic mass is 9.91. The minimum atomic E-state index is -3.92. The molecule has 2 aromatic carbocycles. The molecule has 136 valence electrons. The summed E-state index contributed by atoms with van der Waals surface area (Å²) in [6.45, 7) is -0.123. The molecule has 2 aromatic rings. The summed E-state index contributed by atoms with van der Waals surface area (Å²) in [5, 5.41) is 10.7. The predicted octanol–water partition coefficient (Wildman–Crippen LogP) is 2.11. The van der Waals surface area contributed by atoms with Crippen LogP contribution in [0.5, 0.6) is 0 Å². The smallest absolute Gasteiger partial charge is 0.306 e. The molecular formula is C17H16N2O6S. The van der Waals surface area contributed by atoms with E-state index in [2.05, 4.69) is 4.72 Å². The SMILES string of the molecule is O=C1CCC(CNS(=O)(=O)c2ccc([N+](=O)[O-])cc2)(c2ccccc2)O1. The Labute approximate surface area is 150 Å². The van der Waals surface area contributed by atoms with Gasteiger partial charge in [0, 0.05) is 25.0 Å². The Morgan fingerprint density at radius 1 is 1.12 bits per heavy atom. The topological polar surface area (TPSA) is 116 Å². The van der Waals surface area contributed by atoms with Crippen LogP contribution in [-0.2, 0) is 25.2 Å². The lowest BCUT2D eigenvalue weighted by Crippen LogP contribution is -2.40. The Morgan fingerprint density at radius 3 is 2.31 bits per heavy atom. The predicted molar refractivity (Wildman–Crippen MR) is 91.7 cm³/mol. The van der Waals surface area contributed by atoms with Gasteiger partial charge in [-0.2, -0.15) is 0 Å². The number of cyclic esters (lactones) is 1. The number of ether oxygens (including phenoxy) is 1. The molecule has 0 radical (unpaired) electrons. The number of hydrogen-bond acceptors (Lipinski definition) is 6. The number of carbonyl (C=O) groups is 1. The van der Waals surface area contributed by atoms with Crippen LogP contribution in [0, 0.1) is 10.1 Å². The Kier molecular flexibility index (Phi) is 4.75. The average Bonchev–Trinajstić information content (AvgIpc) is 3.03. The Hall–Kier alpha value is -2.78. The van der Waals surface area contributed by atoms with Crippen LogP contribution in [0.1, 0.15) is 18.4 Å². The minimum absolute atomic E-state index is 0.101. The Morgan fingerprint density at radius 2 is 1.77 bits per heavy atom. The molecule has 0 saturated carbocycles. The molecule has 9 heteroatoms. The average molecular weight is 376 g/mol. The van der Waals surface area contributed by atoms with Gasteiger partial charge in [-0.3, -0.25) is 14.9 Å². The number of rotatable bonds is 6. The molecule has 0 bridgehead atoms. The van der Waals surface area contributed by atoms with Gasteiger partial charge < -0.3 is 4.74 Å². The van der Waals surface area contributed by atoms with E-state index in [0.29, 0.717) is 12.0 Å². The van der Waals surface area contributed by atoms with Gasteiger partial charge in [-0.25, -0.2) is 13.1 Å². The van der Waals surface area contributed by atoms with Crippen molar-refractivity contribution in [2.24, 2.45) is 0 Å². The molecule has 26 heavy (non-hydrogen) atoms. The van der Waals surface area contributed by atoms with Crippen LogP contribution < -0.4 is 4.72 Å². The highest BCUT2D eigenvalue weighted by molar-refractivity contribution is 7.89. The Balaban J connectivity index is 1.82. The number of sulfonamides is 1. The van der Waals surface area contributed by atoms with E-state index in [1.54, 1.807) is 24.3 Å². The highest BCUT2D eigenvalue weighted by Gasteiger charge is 2.42. The number of carbonyl (C=O) groups excluding carboxylic acids is 1. The first kappa shape index (κ1) is 18.0. The van der Waals surface area contributed by atoms with Crippen molar-refractivity contribution < 1.29 is 22.9 Å². The van der Waals surface area contributed by atoms with Crippen LogP contribution in [0.25, 0.3) is 0 Å². The third kappa shape index (κ3) is 3.58. The van der Waals surface area contributed by atoms with Gasteiger partial charge >= 0.3 is 5.97 Å². The van der Waals surface area contributed by atoms with E-state index in [0.717, 1.165) is 24.3 Å². The molecular weight excluding hydrogens is 360 g/mol. The van der Waals surface area contributed by atoms with Crippen LogP contribution in [0.4, 0.5) is 5.69 Å². The lowest BCUT2D eigenvalue weighted by molar-refractivity contribution is -0.384. The summed E-state index contributed by atoms with van der Waals surface area (Å²) in [6.07, 6.45) is 0.562. The van der Waals surface area contributed by atoms with Crippen LogP contribution >= 0.6 is 0 Å².